The lowest BCUT2D eigenvalue weighted by Crippen LogP contribution is -2.30. The van der Waals surface area contributed by atoms with Gasteiger partial charge in [0, 0.05) is 29.2 Å². The lowest BCUT2D eigenvalue weighted by atomic mass is 10.1. The summed E-state index contributed by atoms with van der Waals surface area (Å²) in [5.74, 6) is 0.0959. The van der Waals surface area contributed by atoms with Gasteiger partial charge in [0.2, 0.25) is 0 Å². The van der Waals surface area contributed by atoms with Crippen molar-refractivity contribution < 1.29 is 4.79 Å². The SMILES string of the molecule is CCN(Cc1ccc(Br)s1)C(=O)c1ccc2c(c1)NCC2. The number of amides is 1. The summed E-state index contributed by atoms with van der Waals surface area (Å²) in [6.45, 7) is 4.36. The maximum Gasteiger partial charge on any atom is 0.254 e. The highest BCUT2D eigenvalue weighted by molar-refractivity contribution is 9.11. The summed E-state index contributed by atoms with van der Waals surface area (Å²) in [5, 5.41) is 3.33. The third kappa shape index (κ3) is 3.14. The van der Waals surface area contributed by atoms with Crippen molar-refractivity contribution in [2.75, 3.05) is 18.4 Å². The first-order chi connectivity index (χ1) is 10.2. The molecule has 1 aromatic carbocycles. The smallest absolute Gasteiger partial charge is 0.254 e. The van der Waals surface area contributed by atoms with Crippen molar-refractivity contribution in [3.05, 3.63) is 50.1 Å². The fourth-order valence-corrected chi connectivity index (χ4v) is 4.06. The fraction of sp³-hybridized carbons (Fsp3) is 0.312. The maximum atomic E-state index is 12.7. The number of carbonyl (C=O) groups is 1. The maximum absolute atomic E-state index is 12.7. The number of nitrogens with zero attached hydrogens (tertiary/aromatic N) is 1. The number of anilines is 1. The number of hydrogen-bond donors (Lipinski definition) is 1. The number of carbonyl (C=O) groups excluding carboxylic acids is 1. The third-order valence-electron chi connectivity index (χ3n) is 3.71. The van der Waals surface area contributed by atoms with Gasteiger partial charge in [0.25, 0.3) is 5.91 Å². The van der Waals surface area contributed by atoms with Crippen LogP contribution in [0.3, 0.4) is 0 Å². The highest BCUT2D eigenvalue weighted by Gasteiger charge is 2.18. The molecule has 0 fully saturated rings. The standard InChI is InChI=1S/C16H17BrN2OS/c1-2-19(10-13-5-6-15(17)21-13)16(20)12-4-3-11-7-8-18-14(11)9-12/h3-6,9,18H,2,7-8,10H2,1H3. The van der Waals surface area contributed by atoms with Crippen LogP contribution >= 0.6 is 27.3 Å². The van der Waals surface area contributed by atoms with E-state index in [9.17, 15) is 4.79 Å². The predicted molar refractivity (Wildman–Crippen MR) is 91.1 cm³/mol. The molecule has 0 unspecified atom stereocenters. The largest absolute Gasteiger partial charge is 0.384 e. The van der Waals surface area contributed by atoms with E-state index in [1.54, 1.807) is 11.3 Å². The molecule has 0 saturated heterocycles. The zero-order valence-corrected chi connectivity index (χ0v) is 14.3. The summed E-state index contributed by atoms with van der Waals surface area (Å²) >= 11 is 5.14. The molecule has 0 aliphatic carbocycles. The number of nitrogens with one attached hydrogen (secondary N) is 1. The van der Waals surface area contributed by atoms with E-state index in [-0.39, 0.29) is 5.91 Å². The molecule has 1 amide bonds. The average Bonchev–Trinajstić information content (AvgIpc) is 3.11. The van der Waals surface area contributed by atoms with E-state index in [1.165, 1.54) is 10.4 Å². The Hall–Kier alpha value is -1.33. The Labute approximate surface area is 137 Å². The Kier molecular flexibility index (Phi) is 4.31. The van der Waals surface area contributed by atoms with Gasteiger partial charge in [-0.05, 0) is 59.1 Å². The minimum absolute atomic E-state index is 0.0959. The zero-order valence-electron chi connectivity index (χ0n) is 11.9. The van der Waals surface area contributed by atoms with E-state index in [4.69, 9.17) is 0 Å². The van der Waals surface area contributed by atoms with E-state index in [2.05, 4.69) is 33.4 Å². The molecule has 5 heteroatoms. The minimum atomic E-state index is 0.0959. The number of fused-ring (bicyclic) bond motifs is 1. The monoisotopic (exact) mass is 364 g/mol. The van der Waals surface area contributed by atoms with Crippen molar-refractivity contribution in [2.45, 2.75) is 19.9 Å². The van der Waals surface area contributed by atoms with Crippen molar-refractivity contribution >= 4 is 38.9 Å². The molecule has 1 N–H and O–H groups in total. The van der Waals surface area contributed by atoms with Crippen LogP contribution in [0.1, 0.15) is 27.7 Å². The van der Waals surface area contributed by atoms with Gasteiger partial charge >= 0.3 is 0 Å². The number of benzene rings is 1. The van der Waals surface area contributed by atoms with Gasteiger partial charge in [0.15, 0.2) is 0 Å². The van der Waals surface area contributed by atoms with Crippen LogP contribution in [0.25, 0.3) is 0 Å². The second kappa shape index (κ2) is 6.20. The molecule has 3 nitrogen and oxygen atoms in total. The molecule has 0 spiro atoms. The Morgan fingerprint density at radius 1 is 1.38 bits per heavy atom. The quantitative estimate of drug-likeness (QED) is 0.883. The second-order valence-electron chi connectivity index (χ2n) is 5.07. The predicted octanol–water partition coefficient (Wildman–Crippen LogP) is 4.14. The first-order valence-corrected chi connectivity index (χ1v) is 8.68. The molecule has 2 heterocycles. The molecule has 110 valence electrons. The van der Waals surface area contributed by atoms with Crippen LogP contribution in [0.4, 0.5) is 5.69 Å². The topological polar surface area (TPSA) is 32.3 Å². The summed E-state index contributed by atoms with van der Waals surface area (Å²) in [4.78, 5) is 15.8. The van der Waals surface area contributed by atoms with Crippen LogP contribution in [0.15, 0.2) is 34.1 Å². The third-order valence-corrected chi connectivity index (χ3v) is 5.32. The highest BCUT2D eigenvalue weighted by atomic mass is 79.9. The van der Waals surface area contributed by atoms with Gasteiger partial charge in [-0.15, -0.1) is 11.3 Å². The van der Waals surface area contributed by atoms with Gasteiger partial charge in [0.1, 0.15) is 0 Å². The van der Waals surface area contributed by atoms with Crippen LogP contribution in [0, 0.1) is 0 Å². The van der Waals surface area contributed by atoms with Crippen molar-refractivity contribution in [2.24, 2.45) is 0 Å². The van der Waals surface area contributed by atoms with Crippen LogP contribution in [-0.4, -0.2) is 23.9 Å². The Morgan fingerprint density at radius 2 is 2.24 bits per heavy atom. The first kappa shape index (κ1) is 14.6. The van der Waals surface area contributed by atoms with Gasteiger partial charge in [-0.2, -0.15) is 0 Å². The average molecular weight is 365 g/mol. The molecular weight excluding hydrogens is 348 g/mol. The number of hydrogen-bond acceptors (Lipinski definition) is 3. The summed E-state index contributed by atoms with van der Waals surface area (Å²) in [6, 6.07) is 10.1. The zero-order chi connectivity index (χ0) is 14.8. The molecule has 0 radical (unpaired) electrons. The summed E-state index contributed by atoms with van der Waals surface area (Å²) < 4.78 is 1.10. The first-order valence-electron chi connectivity index (χ1n) is 7.07. The van der Waals surface area contributed by atoms with Gasteiger partial charge in [-0.3, -0.25) is 4.79 Å². The molecular formula is C16H17BrN2OS. The lowest BCUT2D eigenvalue weighted by molar-refractivity contribution is 0.0754. The Bertz CT molecular complexity index is 668. The van der Waals surface area contributed by atoms with E-state index in [1.807, 2.05) is 30.0 Å². The van der Waals surface area contributed by atoms with Crippen molar-refractivity contribution in [1.29, 1.82) is 0 Å². The van der Waals surface area contributed by atoms with Crippen molar-refractivity contribution in [3.8, 4) is 0 Å². The molecule has 1 aromatic heterocycles. The molecule has 3 rings (SSSR count). The van der Waals surface area contributed by atoms with Crippen molar-refractivity contribution in [3.63, 3.8) is 0 Å². The Morgan fingerprint density at radius 3 is 2.95 bits per heavy atom. The van der Waals surface area contributed by atoms with Gasteiger partial charge in [-0.25, -0.2) is 0 Å². The minimum Gasteiger partial charge on any atom is -0.384 e. The number of rotatable bonds is 4. The van der Waals surface area contributed by atoms with Crippen LogP contribution < -0.4 is 5.32 Å². The van der Waals surface area contributed by atoms with E-state index in [0.717, 1.165) is 28.0 Å². The molecule has 21 heavy (non-hydrogen) atoms. The van der Waals surface area contributed by atoms with E-state index in [0.29, 0.717) is 13.1 Å². The molecule has 0 saturated carbocycles. The molecule has 0 atom stereocenters. The fourth-order valence-electron chi connectivity index (χ4n) is 2.56. The normalized spacial score (nSPS) is 12.9. The number of thiophene rings is 1. The van der Waals surface area contributed by atoms with Crippen LogP contribution in [0.2, 0.25) is 0 Å². The molecule has 2 aromatic rings. The van der Waals surface area contributed by atoms with E-state index >= 15 is 0 Å². The summed E-state index contributed by atoms with van der Waals surface area (Å²) in [6.07, 6.45) is 1.05. The molecule has 0 bridgehead atoms. The lowest BCUT2D eigenvalue weighted by Gasteiger charge is -2.20. The Balaban J connectivity index is 1.78. The van der Waals surface area contributed by atoms with Crippen LogP contribution in [0.5, 0.6) is 0 Å². The molecule has 1 aliphatic heterocycles. The number of halogens is 1. The summed E-state index contributed by atoms with van der Waals surface area (Å²) in [5.41, 5.74) is 3.17. The van der Waals surface area contributed by atoms with Crippen LogP contribution in [-0.2, 0) is 13.0 Å². The second-order valence-corrected chi connectivity index (χ2v) is 7.62. The van der Waals surface area contributed by atoms with Gasteiger partial charge in [-0.1, -0.05) is 6.07 Å². The summed E-state index contributed by atoms with van der Waals surface area (Å²) in [7, 11) is 0. The van der Waals surface area contributed by atoms with E-state index < -0.39 is 0 Å². The molecule has 1 aliphatic rings. The van der Waals surface area contributed by atoms with Crippen molar-refractivity contribution in [1.82, 2.24) is 4.90 Å². The van der Waals surface area contributed by atoms with Gasteiger partial charge < -0.3 is 10.2 Å². The van der Waals surface area contributed by atoms with Gasteiger partial charge in [0.05, 0.1) is 10.3 Å². The highest BCUT2D eigenvalue weighted by Crippen LogP contribution is 2.26.